The minimum absolute atomic E-state index is 0.340. The van der Waals surface area contributed by atoms with Gasteiger partial charge in [0.25, 0.3) is 0 Å². The molecule has 1 aromatic carbocycles. The maximum Gasteiger partial charge on any atom is 0.505 e. The molecule has 0 unspecified atom stereocenters. The van der Waals surface area contributed by atoms with E-state index in [2.05, 4.69) is 16.9 Å². The maximum atomic E-state index is 10.2. The number of rotatable bonds is 15. The molecule has 0 amide bonds. The Morgan fingerprint density at radius 1 is 0.840 bits per heavy atom. The number of benzene rings is 1. The predicted octanol–water partition coefficient (Wildman–Crippen LogP) is 6.19. The summed E-state index contributed by atoms with van der Waals surface area (Å²) < 4.78 is 4.48. The first-order chi connectivity index (χ1) is 12.2. The van der Waals surface area contributed by atoms with Gasteiger partial charge in [0.2, 0.25) is 0 Å². The number of hydrogen-bond donors (Lipinski definition) is 2. The van der Waals surface area contributed by atoms with E-state index in [1.165, 1.54) is 69.8 Å². The lowest BCUT2D eigenvalue weighted by atomic mass is 10.0. The van der Waals surface area contributed by atoms with Gasteiger partial charge in [-0.2, -0.15) is 0 Å². The molecule has 0 saturated heterocycles. The van der Waals surface area contributed by atoms with E-state index >= 15 is 0 Å². The molecule has 0 aliphatic carbocycles. The van der Waals surface area contributed by atoms with Gasteiger partial charge in [-0.15, -0.1) is 0 Å². The molecule has 0 bridgehead atoms. The van der Waals surface area contributed by atoms with Crippen LogP contribution < -0.4 is 5.73 Å². The van der Waals surface area contributed by atoms with E-state index in [0.29, 0.717) is 6.61 Å². The van der Waals surface area contributed by atoms with E-state index in [-0.39, 0.29) is 0 Å². The standard InChI is InChI=1S/C21H35NO3/c22-20-16-13-15-19(18-20)14-11-9-7-5-3-1-2-4-6-8-10-12-17-25-21(23)24/h13,15-16,18H,1-12,14,17,22H2,(H,23,24). The third kappa shape index (κ3) is 13.3. The quantitative estimate of drug-likeness (QED) is 0.225. The molecule has 0 spiro atoms. The van der Waals surface area contributed by atoms with E-state index in [0.717, 1.165) is 24.9 Å². The van der Waals surface area contributed by atoms with Gasteiger partial charge in [-0.1, -0.05) is 76.3 Å². The van der Waals surface area contributed by atoms with Crippen LogP contribution in [0.4, 0.5) is 10.5 Å². The Bertz CT molecular complexity index is 462. The van der Waals surface area contributed by atoms with Crippen LogP contribution in [-0.2, 0) is 11.2 Å². The Morgan fingerprint density at radius 3 is 1.88 bits per heavy atom. The predicted molar refractivity (Wildman–Crippen MR) is 104 cm³/mol. The Morgan fingerprint density at radius 2 is 1.36 bits per heavy atom. The lowest BCUT2D eigenvalue weighted by Gasteiger charge is -2.04. The average Bonchev–Trinajstić information content (AvgIpc) is 2.58. The van der Waals surface area contributed by atoms with Gasteiger partial charge in [0.1, 0.15) is 0 Å². The van der Waals surface area contributed by atoms with Crippen LogP contribution in [0, 0.1) is 0 Å². The van der Waals surface area contributed by atoms with Gasteiger partial charge in [0.05, 0.1) is 6.61 Å². The fourth-order valence-corrected chi connectivity index (χ4v) is 3.11. The zero-order valence-electron chi connectivity index (χ0n) is 15.5. The smallest absolute Gasteiger partial charge is 0.450 e. The van der Waals surface area contributed by atoms with Gasteiger partial charge in [0.15, 0.2) is 0 Å². The van der Waals surface area contributed by atoms with E-state index in [4.69, 9.17) is 10.8 Å². The van der Waals surface area contributed by atoms with Crippen LogP contribution in [0.3, 0.4) is 0 Å². The molecular formula is C21H35NO3. The molecule has 0 fully saturated rings. The maximum absolute atomic E-state index is 10.2. The van der Waals surface area contributed by atoms with Crippen LogP contribution in [0.1, 0.15) is 82.6 Å². The van der Waals surface area contributed by atoms with E-state index < -0.39 is 6.16 Å². The third-order valence-corrected chi connectivity index (χ3v) is 4.54. The van der Waals surface area contributed by atoms with Gasteiger partial charge in [0, 0.05) is 5.69 Å². The highest BCUT2D eigenvalue weighted by Crippen LogP contribution is 2.14. The molecular weight excluding hydrogens is 314 g/mol. The first-order valence-electron chi connectivity index (χ1n) is 9.88. The minimum atomic E-state index is -1.16. The normalized spacial score (nSPS) is 10.7. The lowest BCUT2D eigenvalue weighted by Crippen LogP contribution is -2.01. The van der Waals surface area contributed by atoms with Gasteiger partial charge in [-0.05, 0) is 37.0 Å². The van der Waals surface area contributed by atoms with Crippen LogP contribution in [0.2, 0.25) is 0 Å². The molecule has 1 rings (SSSR count). The summed E-state index contributed by atoms with van der Waals surface area (Å²) >= 11 is 0. The summed E-state index contributed by atoms with van der Waals surface area (Å²) in [5.74, 6) is 0. The van der Waals surface area contributed by atoms with Crippen molar-refractivity contribution in [2.75, 3.05) is 12.3 Å². The fourth-order valence-electron chi connectivity index (χ4n) is 3.11. The van der Waals surface area contributed by atoms with Gasteiger partial charge in [-0.3, -0.25) is 0 Å². The topological polar surface area (TPSA) is 72.5 Å². The highest BCUT2D eigenvalue weighted by Gasteiger charge is 1.97. The van der Waals surface area contributed by atoms with Crippen molar-refractivity contribution in [3.63, 3.8) is 0 Å². The Hall–Kier alpha value is -1.71. The molecule has 4 heteroatoms. The summed E-state index contributed by atoms with van der Waals surface area (Å²) in [6.07, 6.45) is 14.9. The van der Waals surface area contributed by atoms with Crippen molar-refractivity contribution < 1.29 is 14.6 Å². The zero-order chi connectivity index (χ0) is 18.2. The average molecular weight is 350 g/mol. The molecule has 4 nitrogen and oxygen atoms in total. The summed E-state index contributed by atoms with van der Waals surface area (Å²) in [6, 6.07) is 8.22. The van der Waals surface area contributed by atoms with Gasteiger partial charge in [-0.25, -0.2) is 4.79 Å². The van der Waals surface area contributed by atoms with Crippen LogP contribution in [0.25, 0.3) is 0 Å². The van der Waals surface area contributed by atoms with Crippen molar-refractivity contribution in [3.05, 3.63) is 29.8 Å². The largest absolute Gasteiger partial charge is 0.505 e. The Kier molecular flexibility index (Phi) is 12.5. The van der Waals surface area contributed by atoms with E-state index in [9.17, 15) is 4.79 Å². The molecule has 0 radical (unpaired) electrons. The Balaban J connectivity index is 1.77. The van der Waals surface area contributed by atoms with Crippen molar-refractivity contribution in [2.24, 2.45) is 0 Å². The van der Waals surface area contributed by atoms with Crippen molar-refractivity contribution in [1.82, 2.24) is 0 Å². The summed E-state index contributed by atoms with van der Waals surface area (Å²) in [5.41, 5.74) is 8.02. The van der Waals surface area contributed by atoms with Crippen LogP contribution >= 0.6 is 0 Å². The minimum Gasteiger partial charge on any atom is -0.450 e. The summed E-state index contributed by atoms with van der Waals surface area (Å²) in [4.78, 5) is 10.2. The second-order valence-electron chi connectivity index (χ2n) is 6.85. The zero-order valence-corrected chi connectivity index (χ0v) is 15.5. The van der Waals surface area contributed by atoms with Crippen molar-refractivity contribution in [3.8, 4) is 0 Å². The number of ether oxygens (including phenoxy) is 1. The number of unbranched alkanes of at least 4 members (excludes halogenated alkanes) is 11. The second-order valence-corrected chi connectivity index (χ2v) is 6.85. The molecule has 142 valence electrons. The lowest BCUT2D eigenvalue weighted by molar-refractivity contribution is 0.0899. The molecule has 1 aromatic rings. The summed E-state index contributed by atoms with van der Waals surface area (Å²) in [7, 11) is 0. The Labute approximate surface area is 152 Å². The van der Waals surface area contributed by atoms with E-state index in [1.807, 2.05) is 12.1 Å². The number of hydrogen-bond acceptors (Lipinski definition) is 3. The fraction of sp³-hybridized carbons (Fsp3) is 0.667. The number of aryl methyl sites for hydroxylation is 1. The number of nitrogen functional groups attached to an aromatic ring is 1. The molecule has 0 aliphatic rings. The van der Waals surface area contributed by atoms with Crippen molar-refractivity contribution in [2.45, 2.75) is 83.5 Å². The third-order valence-electron chi connectivity index (χ3n) is 4.54. The first kappa shape index (κ1) is 21.3. The van der Waals surface area contributed by atoms with Crippen molar-refractivity contribution >= 4 is 11.8 Å². The molecule has 0 atom stereocenters. The molecule has 0 heterocycles. The number of anilines is 1. The second kappa shape index (κ2) is 14.6. The van der Waals surface area contributed by atoms with E-state index in [1.54, 1.807) is 0 Å². The van der Waals surface area contributed by atoms with Crippen LogP contribution in [0.15, 0.2) is 24.3 Å². The summed E-state index contributed by atoms with van der Waals surface area (Å²) in [6.45, 7) is 0.340. The van der Waals surface area contributed by atoms with Crippen LogP contribution in [0.5, 0.6) is 0 Å². The first-order valence-corrected chi connectivity index (χ1v) is 9.88. The molecule has 0 aromatic heterocycles. The monoisotopic (exact) mass is 349 g/mol. The van der Waals surface area contributed by atoms with Crippen molar-refractivity contribution in [1.29, 1.82) is 0 Å². The molecule has 3 N–H and O–H groups in total. The number of carbonyl (C=O) groups is 1. The molecule has 0 aliphatic heterocycles. The molecule has 25 heavy (non-hydrogen) atoms. The number of carboxylic acid groups (broad SMARTS) is 1. The SMILES string of the molecule is Nc1cccc(CCCCCCCCCCCCCCOC(=O)O)c1. The number of nitrogens with two attached hydrogens (primary N) is 1. The summed E-state index contributed by atoms with van der Waals surface area (Å²) in [5, 5.41) is 8.34. The van der Waals surface area contributed by atoms with Gasteiger partial charge < -0.3 is 15.6 Å². The van der Waals surface area contributed by atoms with Crippen LogP contribution in [-0.4, -0.2) is 17.9 Å². The highest BCUT2D eigenvalue weighted by atomic mass is 16.7. The highest BCUT2D eigenvalue weighted by molar-refractivity contribution is 5.56. The molecule has 0 saturated carbocycles. The van der Waals surface area contributed by atoms with Gasteiger partial charge >= 0.3 is 6.16 Å².